The van der Waals surface area contributed by atoms with Crippen LogP contribution in [0.5, 0.6) is 0 Å². The SMILES string of the molecule is CN=C(NCc1nccn1Cc1ccccc1)NC(C)COC.I. The number of aromatic nitrogens is 2. The monoisotopic (exact) mass is 443 g/mol. The molecule has 2 rings (SSSR count). The normalized spacial score (nSPS) is 12.4. The summed E-state index contributed by atoms with van der Waals surface area (Å²) in [5.74, 6) is 1.71. The van der Waals surface area contributed by atoms with Crippen LogP contribution in [0.4, 0.5) is 0 Å². The van der Waals surface area contributed by atoms with E-state index in [9.17, 15) is 0 Å². The minimum Gasteiger partial charge on any atom is -0.383 e. The highest BCUT2D eigenvalue weighted by molar-refractivity contribution is 14.0. The fourth-order valence-electron chi connectivity index (χ4n) is 2.31. The molecule has 0 spiro atoms. The number of nitrogens with zero attached hydrogens (tertiary/aromatic N) is 3. The molecule has 1 unspecified atom stereocenters. The molecule has 1 heterocycles. The molecule has 0 aliphatic rings. The Hall–Kier alpha value is -1.61. The maximum absolute atomic E-state index is 5.12. The highest BCUT2D eigenvalue weighted by atomic mass is 127. The average molecular weight is 443 g/mol. The first-order valence-electron chi connectivity index (χ1n) is 7.73. The molecule has 24 heavy (non-hydrogen) atoms. The summed E-state index contributed by atoms with van der Waals surface area (Å²) < 4.78 is 7.26. The van der Waals surface area contributed by atoms with Gasteiger partial charge in [-0.25, -0.2) is 4.98 Å². The zero-order valence-corrected chi connectivity index (χ0v) is 16.7. The number of ether oxygens (including phenoxy) is 1. The molecule has 7 heteroatoms. The molecule has 1 aromatic heterocycles. The summed E-state index contributed by atoms with van der Waals surface area (Å²) in [6.07, 6.45) is 3.82. The molecule has 0 fully saturated rings. The van der Waals surface area contributed by atoms with Crippen LogP contribution in [0.3, 0.4) is 0 Å². The van der Waals surface area contributed by atoms with E-state index in [1.807, 2.05) is 37.5 Å². The summed E-state index contributed by atoms with van der Waals surface area (Å²) in [6.45, 7) is 4.10. The van der Waals surface area contributed by atoms with E-state index in [1.54, 1.807) is 14.2 Å². The maximum atomic E-state index is 5.12. The Bertz CT molecular complexity index is 614. The molecule has 0 aliphatic heterocycles. The summed E-state index contributed by atoms with van der Waals surface area (Å²) in [4.78, 5) is 8.65. The van der Waals surface area contributed by atoms with Crippen molar-refractivity contribution < 1.29 is 4.74 Å². The number of imidazole rings is 1. The molecule has 0 bridgehead atoms. The van der Waals surface area contributed by atoms with Gasteiger partial charge in [0, 0.05) is 39.1 Å². The first-order chi connectivity index (χ1) is 11.2. The lowest BCUT2D eigenvalue weighted by Crippen LogP contribution is -2.43. The van der Waals surface area contributed by atoms with Gasteiger partial charge in [-0.05, 0) is 12.5 Å². The Morgan fingerprint density at radius 3 is 2.75 bits per heavy atom. The molecule has 1 aromatic carbocycles. The third-order valence-corrected chi connectivity index (χ3v) is 3.43. The van der Waals surface area contributed by atoms with Crippen LogP contribution in [0.2, 0.25) is 0 Å². The Morgan fingerprint density at radius 1 is 1.33 bits per heavy atom. The van der Waals surface area contributed by atoms with Crippen molar-refractivity contribution in [3.05, 3.63) is 54.1 Å². The van der Waals surface area contributed by atoms with E-state index < -0.39 is 0 Å². The van der Waals surface area contributed by atoms with Gasteiger partial charge in [-0.1, -0.05) is 30.3 Å². The largest absolute Gasteiger partial charge is 0.383 e. The van der Waals surface area contributed by atoms with Crippen molar-refractivity contribution >= 4 is 29.9 Å². The second-order valence-electron chi connectivity index (χ2n) is 5.38. The number of halogens is 1. The third-order valence-electron chi connectivity index (χ3n) is 3.43. The van der Waals surface area contributed by atoms with E-state index in [0.717, 1.165) is 18.3 Å². The van der Waals surface area contributed by atoms with E-state index in [0.29, 0.717) is 13.2 Å². The molecule has 1 atom stereocenters. The number of hydrogen-bond acceptors (Lipinski definition) is 3. The second-order valence-corrected chi connectivity index (χ2v) is 5.38. The maximum Gasteiger partial charge on any atom is 0.191 e. The molecule has 0 aliphatic carbocycles. The van der Waals surface area contributed by atoms with Crippen LogP contribution in [0, 0.1) is 0 Å². The van der Waals surface area contributed by atoms with Crippen molar-refractivity contribution in [3.8, 4) is 0 Å². The highest BCUT2D eigenvalue weighted by Gasteiger charge is 2.07. The number of aliphatic imine (C=N–C) groups is 1. The van der Waals surface area contributed by atoms with Gasteiger partial charge in [0.2, 0.25) is 0 Å². The number of hydrogen-bond donors (Lipinski definition) is 2. The molecule has 0 amide bonds. The van der Waals surface area contributed by atoms with E-state index in [4.69, 9.17) is 4.74 Å². The van der Waals surface area contributed by atoms with Gasteiger partial charge in [0.15, 0.2) is 5.96 Å². The predicted molar refractivity (Wildman–Crippen MR) is 108 cm³/mol. The smallest absolute Gasteiger partial charge is 0.191 e. The molecule has 2 aromatic rings. The van der Waals surface area contributed by atoms with Crippen LogP contribution in [0.15, 0.2) is 47.7 Å². The Labute approximate surface area is 160 Å². The zero-order chi connectivity index (χ0) is 16.5. The van der Waals surface area contributed by atoms with E-state index in [-0.39, 0.29) is 30.0 Å². The first kappa shape index (κ1) is 20.4. The number of benzene rings is 1. The van der Waals surface area contributed by atoms with Gasteiger partial charge in [0.25, 0.3) is 0 Å². The third kappa shape index (κ3) is 6.48. The summed E-state index contributed by atoms with van der Waals surface area (Å²) in [5.41, 5.74) is 1.25. The lowest BCUT2D eigenvalue weighted by atomic mass is 10.2. The standard InChI is InChI=1S/C17H25N5O.HI/c1-14(13-23-3)21-17(18-2)20-11-16-19-9-10-22(16)12-15-7-5-4-6-8-15;/h4-10,14H,11-13H2,1-3H3,(H2,18,20,21);1H. The second kappa shape index (κ2) is 11.0. The summed E-state index contributed by atoms with van der Waals surface area (Å²) >= 11 is 0. The summed E-state index contributed by atoms with van der Waals surface area (Å²) in [6, 6.07) is 10.5. The molecule has 2 N–H and O–H groups in total. The van der Waals surface area contributed by atoms with Crippen molar-refractivity contribution in [3.63, 3.8) is 0 Å². The van der Waals surface area contributed by atoms with Crippen molar-refractivity contribution in [1.82, 2.24) is 20.2 Å². The Morgan fingerprint density at radius 2 is 2.08 bits per heavy atom. The fraction of sp³-hybridized carbons (Fsp3) is 0.412. The van der Waals surface area contributed by atoms with Gasteiger partial charge in [-0.15, -0.1) is 24.0 Å². The Kier molecular flexibility index (Phi) is 9.39. The number of nitrogens with one attached hydrogen (secondary N) is 2. The molecule has 0 radical (unpaired) electrons. The van der Waals surface area contributed by atoms with Gasteiger partial charge >= 0.3 is 0 Å². The lowest BCUT2D eigenvalue weighted by Gasteiger charge is -2.17. The van der Waals surface area contributed by atoms with Crippen LogP contribution in [0.25, 0.3) is 0 Å². The predicted octanol–water partition coefficient (Wildman–Crippen LogP) is 2.25. The molecule has 0 saturated carbocycles. The number of rotatable bonds is 7. The van der Waals surface area contributed by atoms with Gasteiger partial charge in [0.05, 0.1) is 13.2 Å². The van der Waals surface area contributed by atoms with Crippen LogP contribution < -0.4 is 10.6 Å². The molecule has 132 valence electrons. The first-order valence-corrected chi connectivity index (χ1v) is 7.73. The molecule has 0 saturated heterocycles. The Balaban J connectivity index is 0.00000288. The zero-order valence-electron chi connectivity index (χ0n) is 14.4. The van der Waals surface area contributed by atoms with Gasteiger partial charge in [-0.3, -0.25) is 4.99 Å². The van der Waals surface area contributed by atoms with Crippen LogP contribution >= 0.6 is 24.0 Å². The van der Waals surface area contributed by atoms with E-state index in [1.165, 1.54) is 5.56 Å². The van der Waals surface area contributed by atoms with Crippen molar-refractivity contribution in [2.24, 2.45) is 4.99 Å². The molecular formula is C17H26IN5O. The minimum absolute atomic E-state index is 0. The van der Waals surface area contributed by atoms with Crippen LogP contribution in [0.1, 0.15) is 18.3 Å². The summed E-state index contributed by atoms with van der Waals surface area (Å²) in [5, 5.41) is 6.56. The van der Waals surface area contributed by atoms with Crippen LogP contribution in [-0.4, -0.2) is 42.3 Å². The molecular weight excluding hydrogens is 417 g/mol. The number of methoxy groups -OCH3 is 1. The number of guanidine groups is 1. The fourth-order valence-corrected chi connectivity index (χ4v) is 2.31. The van der Waals surface area contributed by atoms with Crippen LogP contribution in [-0.2, 0) is 17.8 Å². The van der Waals surface area contributed by atoms with Gasteiger partial charge < -0.3 is 19.9 Å². The highest BCUT2D eigenvalue weighted by Crippen LogP contribution is 2.05. The van der Waals surface area contributed by atoms with Crippen molar-refractivity contribution in [1.29, 1.82) is 0 Å². The topological polar surface area (TPSA) is 63.5 Å². The van der Waals surface area contributed by atoms with Gasteiger partial charge in [0.1, 0.15) is 5.82 Å². The summed E-state index contributed by atoms with van der Waals surface area (Å²) in [7, 11) is 3.44. The lowest BCUT2D eigenvalue weighted by molar-refractivity contribution is 0.179. The van der Waals surface area contributed by atoms with Crippen molar-refractivity contribution in [2.75, 3.05) is 20.8 Å². The van der Waals surface area contributed by atoms with E-state index in [2.05, 4.69) is 37.3 Å². The van der Waals surface area contributed by atoms with Gasteiger partial charge in [-0.2, -0.15) is 0 Å². The molecule has 6 nitrogen and oxygen atoms in total. The van der Waals surface area contributed by atoms with Crippen molar-refractivity contribution in [2.45, 2.75) is 26.1 Å². The minimum atomic E-state index is 0. The average Bonchev–Trinajstić information content (AvgIpc) is 2.99. The quantitative estimate of drug-likeness (QED) is 0.392. The van der Waals surface area contributed by atoms with E-state index >= 15 is 0 Å².